The first-order valence-corrected chi connectivity index (χ1v) is 9.80. The molecule has 0 fully saturated rings. The molecule has 0 spiro atoms. The van der Waals surface area contributed by atoms with Crippen LogP contribution in [0.2, 0.25) is 0 Å². The van der Waals surface area contributed by atoms with E-state index in [0.717, 1.165) is 11.3 Å². The lowest BCUT2D eigenvalue weighted by atomic mass is 10.2. The van der Waals surface area contributed by atoms with Crippen molar-refractivity contribution in [2.24, 2.45) is 0 Å². The van der Waals surface area contributed by atoms with Crippen LogP contribution in [0.3, 0.4) is 0 Å². The maximum Gasteiger partial charge on any atom is 0.348 e. The summed E-state index contributed by atoms with van der Waals surface area (Å²) in [6, 6.07) is 0. The van der Waals surface area contributed by atoms with E-state index in [1.807, 2.05) is 11.8 Å². The predicted octanol–water partition coefficient (Wildman–Crippen LogP) is 0.925. The van der Waals surface area contributed by atoms with Crippen LogP contribution in [0.15, 0.2) is 4.79 Å². The van der Waals surface area contributed by atoms with Crippen molar-refractivity contribution < 1.29 is 24.1 Å². The number of hydrogen-bond donors (Lipinski definition) is 2. The van der Waals surface area contributed by atoms with E-state index in [9.17, 15) is 14.7 Å². The third kappa shape index (κ3) is 5.58. The molecule has 10 heteroatoms. The van der Waals surface area contributed by atoms with Crippen molar-refractivity contribution in [2.75, 3.05) is 47.1 Å². The number of methoxy groups -OCH3 is 2. The Labute approximate surface area is 167 Å². The number of aromatic nitrogens is 2. The number of aryl methyl sites for hydroxylation is 1. The molecule has 0 saturated heterocycles. The quantitative estimate of drug-likeness (QED) is 0.523. The van der Waals surface area contributed by atoms with Crippen LogP contribution < -0.4 is 5.56 Å². The summed E-state index contributed by atoms with van der Waals surface area (Å²) >= 11 is 1.14. The SMILES string of the molecule is CCOCC(O)CN(CCOC)Cc1nc2sc(C(=O)OC)c(C)c2c(=O)[nH]1. The van der Waals surface area contributed by atoms with Gasteiger partial charge >= 0.3 is 5.97 Å². The minimum Gasteiger partial charge on any atom is -0.465 e. The molecule has 0 amide bonds. The van der Waals surface area contributed by atoms with Gasteiger partial charge in [0.2, 0.25) is 0 Å². The van der Waals surface area contributed by atoms with Gasteiger partial charge in [-0.25, -0.2) is 9.78 Å². The van der Waals surface area contributed by atoms with Gasteiger partial charge in [-0.05, 0) is 19.4 Å². The lowest BCUT2D eigenvalue weighted by Crippen LogP contribution is -2.37. The molecule has 2 heterocycles. The Morgan fingerprint density at radius 2 is 2.14 bits per heavy atom. The standard InChI is InChI=1S/C18H27N3O6S/c1-5-27-10-12(22)8-21(6-7-25-3)9-13-19-16(23)14-11(2)15(18(24)26-4)28-17(14)20-13/h12,22H,5-10H2,1-4H3,(H,19,20,23). The molecule has 2 aromatic heterocycles. The molecule has 1 atom stereocenters. The second-order valence-electron chi connectivity index (χ2n) is 6.28. The summed E-state index contributed by atoms with van der Waals surface area (Å²) in [7, 11) is 2.90. The van der Waals surface area contributed by atoms with Crippen LogP contribution in [0.1, 0.15) is 28.0 Å². The topological polar surface area (TPSA) is 114 Å². The van der Waals surface area contributed by atoms with Crippen LogP contribution in [0.4, 0.5) is 0 Å². The van der Waals surface area contributed by atoms with Crippen LogP contribution >= 0.6 is 11.3 Å². The fourth-order valence-corrected chi connectivity index (χ4v) is 3.94. The molecular formula is C18H27N3O6S. The summed E-state index contributed by atoms with van der Waals surface area (Å²) in [5.74, 6) is -0.0305. The third-order valence-electron chi connectivity index (χ3n) is 4.19. The lowest BCUT2D eigenvalue weighted by molar-refractivity contribution is 0.0144. The predicted molar refractivity (Wildman–Crippen MR) is 106 cm³/mol. The zero-order valence-electron chi connectivity index (χ0n) is 16.6. The molecule has 2 aromatic rings. The summed E-state index contributed by atoms with van der Waals surface area (Å²) in [4.78, 5) is 34.5. The highest BCUT2D eigenvalue weighted by atomic mass is 32.1. The fraction of sp³-hybridized carbons (Fsp3) is 0.611. The maximum absolute atomic E-state index is 12.6. The van der Waals surface area contributed by atoms with Gasteiger partial charge in [-0.1, -0.05) is 0 Å². The van der Waals surface area contributed by atoms with Gasteiger partial charge in [0.05, 0.1) is 38.4 Å². The number of H-pyrrole nitrogens is 1. The zero-order chi connectivity index (χ0) is 20.7. The van der Waals surface area contributed by atoms with E-state index >= 15 is 0 Å². The molecule has 2 N–H and O–H groups in total. The molecule has 0 saturated carbocycles. The number of fused-ring (bicyclic) bond motifs is 1. The van der Waals surface area contributed by atoms with E-state index in [1.54, 1.807) is 14.0 Å². The van der Waals surface area contributed by atoms with Crippen LogP contribution in [0.25, 0.3) is 10.2 Å². The number of nitrogens with zero attached hydrogens (tertiary/aromatic N) is 2. The number of carbonyl (C=O) groups excluding carboxylic acids is 1. The molecule has 0 bridgehead atoms. The molecule has 0 radical (unpaired) electrons. The average molecular weight is 413 g/mol. The van der Waals surface area contributed by atoms with E-state index in [-0.39, 0.29) is 12.2 Å². The Hall–Kier alpha value is -1.85. The van der Waals surface area contributed by atoms with Crippen molar-refractivity contribution in [3.63, 3.8) is 0 Å². The monoisotopic (exact) mass is 413 g/mol. The van der Waals surface area contributed by atoms with Gasteiger partial charge < -0.3 is 24.3 Å². The summed E-state index contributed by atoms with van der Waals surface area (Å²) in [5.41, 5.74) is 0.265. The number of esters is 1. The summed E-state index contributed by atoms with van der Waals surface area (Å²) in [5, 5.41) is 10.5. The number of aliphatic hydroxyl groups is 1. The number of hydrogen-bond acceptors (Lipinski definition) is 9. The number of rotatable bonds is 11. The van der Waals surface area contributed by atoms with Crippen LogP contribution in [-0.2, 0) is 20.8 Å². The van der Waals surface area contributed by atoms with E-state index in [0.29, 0.717) is 59.3 Å². The molecular weight excluding hydrogens is 386 g/mol. The molecule has 0 aliphatic carbocycles. The van der Waals surface area contributed by atoms with E-state index in [4.69, 9.17) is 14.2 Å². The number of ether oxygens (including phenoxy) is 3. The maximum atomic E-state index is 12.6. The zero-order valence-corrected chi connectivity index (χ0v) is 17.4. The van der Waals surface area contributed by atoms with Crippen molar-refractivity contribution >= 4 is 27.5 Å². The third-order valence-corrected chi connectivity index (χ3v) is 5.35. The van der Waals surface area contributed by atoms with Crippen LogP contribution in [-0.4, -0.2) is 79.2 Å². The number of nitrogens with one attached hydrogen (secondary N) is 1. The van der Waals surface area contributed by atoms with Gasteiger partial charge in [0, 0.05) is 26.8 Å². The second kappa shape index (κ2) is 10.6. The molecule has 28 heavy (non-hydrogen) atoms. The molecule has 0 aromatic carbocycles. The first kappa shape index (κ1) is 22.4. The van der Waals surface area contributed by atoms with Gasteiger partial charge in [-0.2, -0.15) is 0 Å². The Kier molecular flexibility index (Phi) is 8.52. The van der Waals surface area contributed by atoms with E-state index in [1.165, 1.54) is 7.11 Å². The smallest absolute Gasteiger partial charge is 0.348 e. The lowest BCUT2D eigenvalue weighted by Gasteiger charge is -2.24. The Bertz CT molecular complexity index is 850. The largest absolute Gasteiger partial charge is 0.465 e. The van der Waals surface area contributed by atoms with Crippen molar-refractivity contribution in [3.05, 3.63) is 26.6 Å². The molecule has 9 nitrogen and oxygen atoms in total. The number of thiophene rings is 1. The first-order valence-electron chi connectivity index (χ1n) is 8.98. The van der Waals surface area contributed by atoms with Crippen molar-refractivity contribution in [1.82, 2.24) is 14.9 Å². The number of aromatic amines is 1. The summed E-state index contributed by atoms with van der Waals surface area (Å²) in [6.45, 7) is 6.03. The second-order valence-corrected chi connectivity index (χ2v) is 7.28. The minimum atomic E-state index is -0.665. The highest BCUT2D eigenvalue weighted by molar-refractivity contribution is 7.20. The first-order chi connectivity index (χ1) is 13.4. The number of carbonyl (C=O) groups is 1. The Morgan fingerprint density at radius 3 is 2.79 bits per heavy atom. The van der Waals surface area contributed by atoms with Crippen LogP contribution in [0, 0.1) is 6.92 Å². The molecule has 0 aliphatic rings. The molecule has 156 valence electrons. The van der Waals surface area contributed by atoms with Gasteiger partial charge in [-0.15, -0.1) is 11.3 Å². The summed E-state index contributed by atoms with van der Waals surface area (Å²) < 4.78 is 15.2. The van der Waals surface area contributed by atoms with Crippen molar-refractivity contribution in [1.29, 1.82) is 0 Å². The highest BCUT2D eigenvalue weighted by Gasteiger charge is 2.20. The number of aliphatic hydroxyl groups excluding tert-OH is 1. The summed E-state index contributed by atoms with van der Waals surface area (Å²) in [6.07, 6.45) is -0.665. The minimum absolute atomic E-state index is 0.232. The van der Waals surface area contributed by atoms with E-state index < -0.39 is 12.1 Å². The van der Waals surface area contributed by atoms with E-state index in [2.05, 4.69) is 9.97 Å². The average Bonchev–Trinajstić information content (AvgIpc) is 3.00. The normalized spacial score (nSPS) is 12.6. The van der Waals surface area contributed by atoms with Gasteiger partial charge in [0.15, 0.2) is 0 Å². The van der Waals surface area contributed by atoms with Crippen molar-refractivity contribution in [3.8, 4) is 0 Å². The van der Waals surface area contributed by atoms with Gasteiger partial charge in [0.1, 0.15) is 15.5 Å². The molecule has 2 rings (SSSR count). The van der Waals surface area contributed by atoms with Gasteiger partial charge in [0.25, 0.3) is 5.56 Å². The Balaban J connectivity index is 2.26. The highest BCUT2D eigenvalue weighted by Crippen LogP contribution is 2.27. The molecule has 1 unspecified atom stereocenters. The Morgan fingerprint density at radius 1 is 1.39 bits per heavy atom. The van der Waals surface area contributed by atoms with Gasteiger partial charge in [-0.3, -0.25) is 9.69 Å². The fourth-order valence-electron chi connectivity index (χ4n) is 2.82. The molecule has 0 aliphatic heterocycles. The van der Waals surface area contributed by atoms with Crippen molar-refractivity contribution in [2.45, 2.75) is 26.5 Å². The van der Waals surface area contributed by atoms with Crippen LogP contribution in [0.5, 0.6) is 0 Å².